The maximum Gasteiger partial charge on any atom is 0.219 e. The predicted octanol–water partition coefficient (Wildman–Crippen LogP) is 2.49. The number of nitrogens with one attached hydrogen (secondary N) is 1. The van der Waals surface area contributed by atoms with Crippen LogP contribution in [0.3, 0.4) is 0 Å². The van der Waals surface area contributed by atoms with Crippen molar-refractivity contribution in [3.05, 3.63) is 6.07 Å². The fourth-order valence-corrected chi connectivity index (χ4v) is 2.54. The van der Waals surface area contributed by atoms with Crippen molar-refractivity contribution in [1.29, 1.82) is 0 Å². The quantitative estimate of drug-likeness (QED) is 0.643. The van der Waals surface area contributed by atoms with Crippen LogP contribution in [0.25, 0.3) is 0 Å². The summed E-state index contributed by atoms with van der Waals surface area (Å²) >= 11 is 1.54. The highest BCUT2D eigenvalue weighted by atomic mass is 32.2. The lowest BCUT2D eigenvalue weighted by Crippen LogP contribution is -2.35. The number of hydrogen-bond acceptors (Lipinski definition) is 6. The third-order valence-electron chi connectivity index (χ3n) is 3.37. The summed E-state index contributed by atoms with van der Waals surface area (Å²) in [5.74, 6) is 1.55. The molecule has 0 spiro atoms. The van der Waals surface area contributed by atoms with E-state index in [2.05, 4.69) is 34.2 Å². The Balaban J connectivity index is 2.02. The van der Waals surface area contributed by atoms with E-state index in [-0.39, 0.29) is 6.10 Å². The van der Waals surface area contributed by atoms with Crippen LogP contribution in [0.5, 0.6) is 5.88 Å². The monoisotopic (exact) mass is 296 g/mol. The number of rotatable bonds is 6. The van der Waals surface area contributed by atoms with E-state index in [0.29, 0.717) is 5.88 Å². The predicted molar refractivity (Wildman–Crippen MR) is 83.7 cm³/mol. The second-order valence-corrected chi connectivity index (χ2v) is 5.90. The molecule has 1 aromatic rings. The lowest BCUT2D eigenvalue weighted by Gasteiger charge is -2.29. The molecule has 0 atom stereocenters. The van der Waals surface area contributed by atoms with Crippen molar-refractivity contribution in [3.8, 4) is 5.88 Å². The maximum absolute atomic E-state index is 6.04. The molecule has 1 N–H and O–H groups in total. The summed E-state index contributed by atoms with van der Waals surface area (Å²) in [7, 11) is 2.15. The Morgan fingerprint density at radius 1 is 1.40 bits per heavy atom. The van der Waals surface area contributed by atoms with E-state index < -0.39 is 0 Å². The molecule has 1 fully saturated rings. The van der Waals surface area contributed by atoms with Crippen LogP contribution in [0, 0.1) is 0 Å². The molecule has 1 aromatic heterocycles. The summed E-state index contributed by atoms with van der Waals surface area (Å²) in [5.41, 5.74) is 0. The summed E-state index contributed by atoms with van der Waals surface area (Å²) in [5, 5.41) is 4.06. The Bertz CT molecular complexity index is 422. The summed E-state index contributed by atoms with van der Waals surface area (Å²) in [6.07, 6.45) is 5.46. The zero-order chi connectivity index (χ0) is 14.4. The minimum Gasteiger partial charge on any atom is -0.474 e. The Morgan fingerprint density at radius 2 is 2.15 bits per heavy atom. The Hall–Kier alpha value is -1.01. The number of ether oxygens (including phenoxy) is 1. The Kier molecular flexibility index (Phi) is 5.91. The molecule has 20 heavy (non-hydrogen) atoms. The molecule has 0 radical (unpaired) electrons. The molecule has 6 heteroatoms. The topological polar surface area (TPSA) is 50.3 Å². The van der Waals surface area contributed by atoms with Gasteiger partial charge in [-0.05, 0) is 32.6 Å². The van der Waals surface area contributed by atoms with E-state index in [1.54, 1.807) is 11.8 Å². The average molecular weight is 296 g/mol. The summed E-state index contributed by atoms with van der Waals surface area (Å²) < 4.78 is 6.04. The smallest absolute Gasteiger partial charge is 0.219 e. The first kappa shape index (κ1) is 15.4. The minimum absolute atomic E-state index is 0.273. The second kappa shape index (κ2) is 7.69. The first-order valence-electron chi connectivity index (χ1n) is 7.23. The molecule has 1 aliphatic heterocycles. The molecule has 2 heterocycles. The second-order valence-electron chi connectivity index (χ2n) is 5.13. The SMILES string of the molecule is CCCNc1cc(OC2CCN(C)CC2)nc(SC)n1. The van der Waals surface area contributed by atoms with Crippen LogP contribution in [-0.4, -0.2) is 53.9 Å². The molecule has 0 aromatic carbocycles. The van der Waals surface area contributed by atoms with E-state index >= 15 is 0 Å². The van der Waals surface area contributed by atoms with Crippen LogP contribution < -0.4 is 10.1 Å². The van der Waals surface area contributed by atoms with Gasteiger partial charge in [-0.1, -0.05) is 18.7 Å². The number of aromatic nitrogens is 2. The van der Waals surface area contributed by atoms with Crippen LogP contribution in [0.2, 0.25) is 0 Å². The molecule has 2 rings (SSSR count). The molecule has 0 aliphatic carbocycles. The Morgan fingerprint density at radius 3 is 2.80 bits per heavy atom. The van der Waals surface area contributed by atoms with Crippen molar-refractivity contribution in [2.75, 3.05) is 38.3 Å². The van der Waals surface area contributed by atoms with Crippen LogP contribution in [0.4, 0.5) is 5.82 Å². The van der Waals surface area contributed by atoms with Gasteiger partial charge in [-0.25, -0.2) is 4.98 Å². The van der Waals surface area contributed by atoms with Crippen molar-refractivity contribution in [2.24, 2.45) is 0 Å². The van der Waals surface area contributed by atoms with E-state index in [9.17, 15) is 0 Å². The van der Waals surface area contributed by atoms with E-state index in [4.69, 9.17) is 4.74 Å². The van der Waals surface area contributed by atoms with Crippen LogP contribution in [0.1, 0.15) is 26.2 Å². The van der Waals surface area contributed by atoms with Gasteiger partial charge in [0, 0.05) is 25.7 Å². The summed E-state index contributed by atoms with van der Waals surface area (Å²) in [4.78, 5) is 11.2. The Labute approximate surface area is 125 Å². The number of anilines is 1. The summed E-state index contributed by atoms with van der Waals surface area (Å²) in [6, 6.07) is 1.91. The number of hydrogen-bond donors (Lipinski definition) is 1. The lowest BCUT2D eigenvalue weighted by molar-refractivity contribution is 0.109. The highest BCUT2D eigenvalue weighted by Crippen LogP contribution is 2.22. The number of likely N-dealkylation sites (tertiary alicyclic amines) is 1. The van der Waals surface area contributed by atoms with Gasteiger partial charge in [0.05, 0.1) is 0 Å². The number of piperidine rings is 1. The molecule has 0 unspecified atom stereocenters. The zero-order valence-electron chi connectivity index (χ0n) is 12.6. The first-order valence-corrected chi connectivity index (χ1v) is 8.46. The van der Waals surface area contributed by atoms with E-state index in [1.807, 2.05) is 12.3 Å². The fourth-order valence-electron chi connectivity index (χ4n) is 2.17. The molecule has 1 saturated heterocycles. The third kappa shape index (κ3) is 4.52. The van der Waals surface area contributed by atoms with Gasteiger partial charge in [0.1, 0.15) is 11.9 Å². The number of nitrogens with zero attached hydrogens (tertiary/aromatic N) is 3. The maximum atomic E-state index is 6.04. The van der Waals surface area contributed by atoms with Crippen molar-refractivity contribution < 1.29 is 4.74 Å². The van der Waals surface area contributed by atoms with Gasteiger partial charge in [0.15, 0.2) is 5.16 Å². The fraction of sp³-hybridized carbons (Fsp3) is 0.714. The third-order valence-corrected chi connectivity index (χ3v) is 3.92. The van der Waals surface area contributed by atoms with Gasteiger partial charge in [-0.15, -0.1) is 0 Å². The van der Waals surface area contributed by atoms with Gasteiger partial charge in [0.2, 0.25) is 5.88 Å². The van der Waals surface area contributed by atoms with Crippen molar-refractivity contribution in [1.82, 2.24) is 14.9 Å². The molecule has 0 saturated carbocycles. The standard InChI is InChI=1S/C14H24N4OS/c1-4-7-15-12-10-13(17-14(16-12)20-3)19-11-5-8-18(2)9-6-11/h10-11H,4-9H2,1-3H3,(H,15,16,17). The lowest BCUT2D eigenvalue weighted by atomic mass is 10.1. The van der Waals surface area contributed by atoms with Gasteiger partial charge in [-0.3, -0.25) is 0 Å². The molecule has 1 aliphatic rings. The molecule has 0 bridgehead atoms. The van der Waals surface area contributed by atoms with E-state index in [0.717, 1.165) is 49.9 Å². The van der Waals surface area contributed by atoms with Gasteiger partial charge < -0.3 is 15.0 Å². The molecular weight excluding hydrogens is 272 g/mol. The van der Waals surface area contributed by atoms with Crippen molar-refractivity contribution in [3.63, 3.8) is 0 Å². The average Bonchev–Trinajstić information content (AvgIpc) is 2.47. The first-order chi connectivity index (χ1) is 9.71. The van der Waals surface area contributed by atoms with Gasteiger partial charge in [0.25, 0.3) is 0 Å². The van der Waals surface area contributed by atoms with Crippen molar-refractivity contribution >= 4 is 17.6 Å². The number of thioether (sulfide) groups is 1. The summed E-state index contributed by atoms with van der Waals surface area (Å²) in [6.45, 7) is 5.23. The normalized spacial score (nSPS) is 17.1. The van der Waals surface area contributed by atoms with Gasteiger partial charge >= 0.3 is 0 Å². The molecule has 112 valence electrons. The largest absolute Gasteiger partial charge is 0.474 e. The molecular formula is C14H24N4OS. The van der Waals surface area contributed by atoms with Crippen LogP contribution >= 0.6 is 11.8 Å². The van der Waals surface area contributed by atoms with Gasteiger partial charge in [-0.2, -0.15) is 4.98 Å². The van der Waals surface area contributed by atoms with Crippen LogP contribution in [-0.2, 0) is 0 Å². The molecule has 0 amide bonds. The molecule has 5 nitrogen and oxygen atoms in total. The highest BCUT2D eigenvalue weighted by Gasteiger charge is 2.19. The highest BCUT2D eigenvalue weighted by molar-refractivity contribution is 7.98. The van der Waals surface area contributed by atoms with Crippen LogP contribution in [0.15, 0.2) is 11.2 Å². The minimum atomic E-state index is 0.273. The van der Waals surface area contributed by atoms with Crippen molar-refractivity contribution in [2.45, 2.75) is 37.4 Å². The van der Waals surface area contributed by atoms with E-state index in [1.165, 1.54) is 0 Å². The zero-order valence-corrected chi connectivity index (χ0v) is 13.4.